The Bertz CT molecular complexity index is 1350. The van der Waals surface area contributed by atoms with E-state index in [-0.39, 0.29) is 0 Å². The van der Waals surface area contributed by atoms with Crippen molar-refractivity contribution < 1.29 is 5.21 Å². The summed E-state index contributed by atoms with van der Waals surface area (Å²) in [4.78, 5) is 14.5. The Balaban J connectivity index is 1.94. The molecule has 5 heterocycles. The molecule has 4 aromatic rings. The quantitative estimate of drug-likeness (QED) is 0.253. The Morgan fingerprint density at radius 2 is 1.27 bits per heavy atom. The van der Waals surface area contributed by atoms with E-state index in [0.29, 0.717) is 16.6 Å². The number of hydrogen-bond donors (Lipinski definition) is 4. The Morgan fingerprint density at radius 1 is 0.692 bits per heavy atom. The molecule has 5 rings (SSSR count). The molecule has 0 amide bonds. The molecule has 0 atom stereocenters. The van der Waals surface area contributed by atoms with Crippen LogP contribution in [0.15, 0.2) is 59.8 Å². The molecule has 1 aliphatic rings. The molecule has 6 heteroatoms. The number of nitrogens with one attached hydrogen (secondary N) is 3. The molecule has 0 saturated carbocycles. The van der Waals surface area contributed by atoms with Gasteiger partial charge in [-0.3, -0.25) is 0 Å². The van der Waals surface area contributed by atoms with E-state index in [2.05, 4.69) is 31.2 Å². The summed E-state index contributed by atoms with van der Waals surface area (Å²) in [5.74, 6) is 0. The van der Waals surface area contributed by atoms with Crippen LogP contribution < -0.4 is 5.36 Å². The fraction of sp³-hybridized carbons (Fsp3) is 0. The standard InChI is InChI=1S/C20H15N5O/c26-25-20-18-7-5-16(23-18)10-14-3-1-12(21-14)9-13-2-4-15(22-13)11-17-6-8-19(20)24-17/h1-11,21-23,26H. The molecule has 0 aliphatic carbocycles. The lowest BCUT2D eigenvalue weighted by atomic mass is 10.3. The molecule has 4 aromatic heterocycles. The molecule has 26 heavy (non-hydrogen) atoms. The van der Waals surface area contributed by atoms with Gasteiger partial charge in [-0.2, -0.15) is 0 Å². The predicted octanol–water partition coefficient (Wildman–Crippen LogP) is 3.99. The van der Waals surface area contributed by atoms with Crippen LogP contribution in [0.2, 0.25) is 0 Å². The van der Waals surface area contributed by atoms with Gasteiger partial charge in [-0.15, -0.1) is 0 Å². The van der Waals surface area contributed by atoms with Crippen LogP contribution in [0.1, 0.15) is 11.4 Å². The molecule has 0 spiro atoms. The van der Waals surface area contributed by atoms with Crippen molar-refractivity contribution in [3.05, 3.63) is 71.3 Å². The van der Waals surface area contributed by atoms with E-state index in [1.54, 1.807) is 0 Å². The van der Waals surface area contributed by atoms with Crippen molar-refractivity contribution >= 4 is 45.3 Å². The summed E-state index contributed by atoms with van der Waals surface area (Å²) in [5, 5.41) is 13.4. The molecule has 0 radical (unpaired) electrons. The highest BCUT2D eigenvalue weighted by atomic mass is 16.4. The number of fused-ring (bicyclic) bond motifs is 8. The Kier molecular flexibility index (Phi) is 3.15. The van der Waals surface area contributed by atoms with Gasteiger partial charge in [0.2, 0.25) is 0 Å². The minimum absolute atomic E-state index is 0.407. The lowest BCUT2D eigenvalue weighted by molar-refractivity contribution is 0.302. The normalized spacial score (nSPS) is 12.8. The van der Waals surface area contributed by atoms with Crippen LogP contribution >= 0.6 is 0 Å². The minimum atomic E-state index is 0.407. The summed E-state index contributed by atoms with van der Waals surface area (Å²) < 4.78 is 0. The molecule has 0 fully saturated rings. The number of rotatable bonds is 0. The Labute approximate surface area is 147 Å². The van der Waals surface area contributed by atoms with Gasteiger partial charge in [-0.1, -0.05) is 5.16 Å². The van der Waals surface area contributed by atoms with Crippen molar-refractivity contribution in [2.75, 3.05) is 0 Å². The third-order valence-electron chi connectivity index (χ3n) is 4.36. The first-order valence-corrected chi connectivity index (χ1v) is 8.25. The number of aromatic amines is 3. The molecule has 8 bridgehead atoms. The first-order chi connectivity index (χ1) is 12.8. The average molecular weight is 341 g/mol. The van der Waals surface area contributed by atoms with Crippen molar-refractivity contribution in [3.8, 4) is 0 Å². The third-order valence-corrected chi connectivity index (χ3v) is 4.36. The maximum absolute atomic E-state index is 9.50. The maximum Gasteiger partial charge on any atom is 0.151 e. The van der Waals surface area contributed by atoms with E-state index >= 15 is 0 Å². The van der Waals surface area contributed by atoms with Gasteiger partial charge in [0.05, 0.1) is 16.9 Å². The lowest BCUT2D eigenvalue weighted by Gasteiger charge is -1.87. The molecule has 0 unspecified atom stereocenters. The van der Waals surface area contributed by atoms with Crippen LogP contribution in [-0.4, -0.2) is 25.1 Å². The fourth-order valence-electron chi connectivity index (χ4n) is 3.16. The predicted molar refractivity (Wildman–Crippen MR) is 103 cm³/mol. The third kappa shape index (κ3) is 2.53. The molecule has 126 valence electrons. The van der Waals surface area contributed by atoms with Crippen molar-refractivity contribution in [3.63, 3.8) is 0 Å². The first kappa shape index (κ1) is 14.5. The van der Waals surface area contributed by atoms with Gasteiger partial charge < -0.3 is 20.2 Å². The van der Waals surface area contributed by atoms with Crippen molar-refractivity contribution in [1.29, 1.82) is 0 Å². The number of hydrogen-bond acceptors (Lipinski definition) is 3. The highest BCUT2D eigenvalue weighted by Gasteiger charge is 2.04. The SMILES string of the molecule is ON=c1c2nc(cc3ccc(cc4ccc(cc5ccc1[nH]5)[nH]4)[nH]3)C=C2. The summed E-state index contributed by atoms with van der Waals surface area (Å²) >= 11 is 0. The molecule has 0 aromatic carbocycles. The Morgan fingerprint density at radius 3 is 1.92 bits per heavy atom. The second-order valence-corrected chi connectivity index (χ2v) is 6.20. The molecule has 4 N–H and O–H groups in total. The molecule has 6 nitrogen and oxygen atoms in total. The van der Waals surface area contributed by atoms with Crippen molar-refractivity contribution in [2.45, 2.75) is 0 Å². The second kappa shape index (κ2) is 5.63. The summed E-state index contributed by atoms with van der Waals surface area (Å²) in [6.45, 7) is 0. The van der Waals surface area contributed by atoms with Crippen LogP contribution in [0.3, 0.4) is 0 Å². The zero-order chi connectivity index (χ0) is 17.5. The van der Waals surface area contributed by atoms with Gasteiger partial charge in [-0.05, 0) is 66.7 Å². The minimum Gasteiger partial charge on any atom is -0.410 e. The van der Waals surface area contributed by atoms with Gasteiger partial charge in [0, 0.05) is 27.6 Å². The van der Waals surface area contributed by atoms with Crippen LogP contribution in [0, 0.1) is 0 Å². The van der Waals surface area contributed by atoms with Crippen LogP contribution in [0.25, 0.3) is 45.3 Å². The fourth-order valence-corrected chi connectivity index (χ4v) is 3.16. The highest BCUT2D eigenvalue weighted by Crippen LogP contribution is 2.13. The molecular weight excluding hydrogens is 326 g/mol. The largest absolute Gasteiger partial charge is 0.410 e. The summed E-state index contributed by atoms with van der Waals surface area (Å²) in [5.41, 5.74) is 6.96. The zero-order valence-electron chi connectivity index (χ0n) is 13.7. The van der Waals surface area contributed by atoms with Crippen LogP contribution in [-0.2, 0) is 0 Å². The van der Waals surface area contributed by atoms with Gasteiger partial charge >= 0.3 is 0 Å². The summed E-state index contributed by atoms with van der Waals surface area (Å²) in [7, 11) is 0. The highest BCUT2D eigenvalue weighted by molar-refractivity contribution is 5.76. The van der Waals surface area contributed by atoms with E-state index in [1.807, 2.05) is 60.7 Å². The molecular formula is C20H15N5O. The Hall–Kier alpha value is -3.80. The second-order valence-electron chi connectivity index (χ2n) is 6.20. The van der Waals surface area contributed by atoms with Gasteiger partial charge in [-0.25, -0.2) is 4.98 Å². The van der Waals surface area contributed by atoms with E-state index in [0.717, 1.165) is 33.3 Å². The van der Waals surface area contributed by atoms with Gasteiger partial charge in [0.1, 0.15) is 0 Å². The van der Waals surface area contributed by atoms with Crippen LogP contribution in [0.4, 0.5) is 0 Å². The molecule has 1 aliphatic heterocycles. The van der Waals surface area contributed by atoms with E-state index in [4.69, 9.17) is 0 Å². The lowest BCUT2D eigenvalue weighted by Crippen LogP contribution is -2.06. The topological polar surface area (TPSA) is 92.8 Å². The van der Waals surface area contributed by atoms with E-state index in [1.165, 1.54) is 0 Å². The summed E-state index contributed by atoms with van der Waals surface area (Å²) in [6.07, 6.45) is 3.74. The van der Waals surface area contributed by atoms with E-state index in [9.17, 15) is 5.21 Å². The van der Waals surface area contributed by atoms with Crippen LogP contribution in [0.5, 0.6) is 0 Å². The van der Waals surface area contributed by atoms with Crippen molar-refractivity contribution in [1.82, 2.24) is 19.9 Å². The maximum atomic E-state index is 9.50. The number of H-pyrrole nitrogens is 3. The number of nitrogens with zero attached hydrogens (tertiary/aromatic N) is 2. The van der Waals surface area contributed by atoms with Crippen molar-refractivity contribution in [2.24, 2.45) is 5.16 Å². The first-order valence-electron chi connectivity index (χ1n) is 8.25. The zero-order valence-corrected chi connectivity index (χ0v) is 13.7. The smallest absolute Gasteiger partial charge is 0.151 e. The number of aromatic nitrogens is 4. The average Bonchev–Trinajstić information content (AvgIpc) is 3.39. The molecule has 0 saturated heterocycles. The monoisotopic (exact) mass is 341 g/mol. The van der Waals surface area contributed by atoms with Gasteiger partial charge in [0.15, 0.2) is 5.36 Å². The van der Waals surface area contributed by atoms with Gasteiger partial charge in [0.25, 0.3) is 0 Å². The van der Waals surface area contributed by atoms with E-state index < -0.39 is 0 Å². The summed E-state index contributed by atoms with van der Waals surface area (Å²) in [6, 6.07) is 17.9.